The van der Waals surface area contributed by atoms with Gasteiger partial charge in [-0.15, -0.1) is 0 Å². The number of aliphatic hydroxyl groups is 1. The molecule has 5 heteroatoms. The number of oxazole rings is 1. The molecule has 5 nitrogen and oxygen atoms in total. The van der Waals surface area contributed by atoms with Crippen LogP contribution in [-0.4, -0.2) is 29.8 Å². The summed E-state index contributed by atoms with van der Waals surface area (Å²) in [6, 6.07) is 5.74. The zero-order chi connectivity index (χ0) is 13.3. The third kappa shape index (κ3) is 2.72. The van der Waals surface area contributed by atoms with E-state index in [0.717, 1.165) is 43.4 Å². The monoisotopic (exact) mass is 262 g/mol. The van der Waals surface area contributed by atoms with Gasteiger partial charge in [-0.2, -0.15) is 0 Å². The summed E-state index contributed by atoms with van der Waals surface area (Å²) in [5, 5.41) is 12.6. The summed E-state index contributed by atoms with van der Waals surface area (Å²) in [6.45, 7) is 2.03. The Balaban J connectivity index is 1.55. The van der Waals surface area contributed by atoms with Crippen molar-refractivity contribution < 1.29 is 9.52 Å². The average molecular weight is 262 g/mol. The molecule has 0 saturated heterocycles. The minimum Gasteiger partial charge on any atom is -0.408 e. The van der Waals surface area contributed by atoms with Crippen molar-refractivity contribution in [1.29, 1.82) is 0 Å². The lowest BCUT2D eigenvalue weighted by atomic mass is 10.1. The van der Waals surface area contributed by atoms with Gasteiger partial charge < -0.3 is 14.8 Å². The maximum Gasteiger partial charge on any atom is 0.417 e. The van der Waals surface area contributed by atoms with Crippen molar-refractivity contribution in [2.24, 2.45) is 5.41 Å². The second-order valence-electron chi connectivity index (χ2n) is 5.43. The molecule has 0 bridgehead atoms. The molecule has 0 unspecified atom stereocenters. The van der Waals surface area contributed by atoms with E-state index in [4.69, 9.17) is 4.42 Å². The molecule has 1 fully saturated rings. The van der Waals surface area contributed by atoms with Gasteiger partial charge in [0.15, 0.2) is 5.58 Å². The first-order chi connectivity index (χ1) is 9.21. The minimum absolute atomic E-state index is 0.153. The molecule has 0 radical (unpaired) electrons. The third-order valence-electron chi connectivity index (χ3n) is 3.87. The number of hydrogen-bond donors (Lipinski definition) is 3. The fourth-order valence-electron chi connectivity index (χ4n) is 2.31. The SMILES string of the molecule is O=c1[nH]c2cc(CCNCC3(CO)CC3)ccc2o1. The molecule has 0 aliphatic heterocycles. The van der Waals surface area contributed by atoms with Crippen molar-refractivity contribution in [3.05, 3.63) is 34.3 Å². The van der Waals surface area contributed by atoms with Gasteiger partial charge in [0.2, 0.25) is 0 Å². The van der Waals surface area contributed by atoms with Crippen LogP contribution in [0.2, 0.25) is 0 Å². The number of aliphatic hydroxyl groups excluding tert-OH is 1. The molecule has 19 heavy (non-hydrogen) atoms. The Hall–Kier alpha value is -1.59. The Morgan fingerprint density at radius 1 is 1.42 bits per heavy atom. The van der Waals surface area contributed by atoms with Crippen LogP contribution in [0.15, 0.2) is 27.4 Å². The van der Waals surface area contributed by atoms with Gasteiger partial charge in [-0.25, -0.2) is 4.79 Å². The van der Waals surface area contributed by atoms with Crippen molar-refractivity contribution in [2.45, 2.75) is 19.3 Å². The predicted octanol–water partition coefficient (Wildman–Crippen LogP) is 1.03. The second kappa shape index (κ2) is 4.83. The summed E-state index contributed by atoms with van der Waals surface area (Å²) in [4.78, 5) is 13.7. The molecular formula is C14H18N2O3. The number of nitrogens with one attached hydrogen (secondary N) is 2. The first-order valence-corrected chi connectivity index (χ1v) is 6.64. The normalized spacial score (nSPS) is 16.9. The molecular weight excluding hydrogens is 244 g/mol. The molecule has 0 atom stereocenters. The Labute approximate surface area is 110 Å². The maximum atomic E-state index is 11.1. The van der Waals surface area contributed by atoms with Crippen LogP contribution in [0.1, 0.15) is 18.4 Å². The Morgan fingerprint density at radius 3 is 3.00 bits per heavy atom. The number of fused-ring (bicyclic) bond motifs is 1. The van der Waals surface area contributed by atoms with E-state index in [1.54, 1.807) is 0 Å². The molecule has 1 saturated carbocycles. The summed E-state index contributed by atoms with van der Waals surface area (Å²) in [5.41, 5.74) is 2.65. The summed E-state index contributed by atoms with van der Waals surface area (Å²) in [6.07, 6.45) is 3.14. The summed E-state index contributed by atoms with van der Waals surface area (Å²) >= 11 is 0. The lowest BCUT2D eigenvalue weighted by molar-refractivity contribution is 0.208. The average Bonchev–Trinajstić information content (AvgIpc) is 3.09. The minimum atomic E-state index is -0.413. The van der Waals surface area contributed by atoms with Crippen molar-refractivity contribution >= 4 is 11.1 Å². The van der Waals surface area contributed by atoms with Gasteiger partial charge in [0, 0.05) is 18.6 Å². The van der Waals surface area contributed by atoms with E-state index in [-0.39, 0.29) is 12.0 Å². The first-order valence-electron chi connectivity index (χ1n) is 6.64. The molecule has 3 N–H and O–H groups in total. The van der Waals surface area contributed by atoms with E-state index in [0.29, 0.717) is 5.58 Å². The van der Waals surface area contributed by atoms with Crippen LogP contribution in [0.4, 0.5) is 0 Å². The highest BCUT2D eigenvalue weighted by Gasteiger charge is 2.41. The first kappa shape index (κ1) is 12.4. The van der Waals surface area contributed by atoms with Gasteiger partial charge >= 0.3 is 5.76 Å². The van der Waals surface area contributed by atoms with Crippen LogP contribution in [-0.2, 0) is 6.42 Å². The Morgan fingerprint density at radius 2 is 2.26 bits per heavy atom. The van der Waals surface area contributed by atoms with Crippen LogP contribution in [0.3, 0.4) is 0 Å². The Kier molecular flexibility index (Phi) is 3.16. The predicted molar refractivity (Wildman–Crippen MR) is 72.2 cm³/mol. The standard InChI is InChI=1S/C14H18N2O3/c17-9-14(4-5-14)8-15-6-3-10-1-2-12-11(7-10)16-13(18)19-12/h1-2,7,15,17H,3-6,8-9H2,(H,16,18). The molecule has 3 rings (SSSR count). The lowest BCUT2D eigenvalue weighted by Crippen LogP contribution is -2.28. The topological polar surface area (TPSA) is 78.3 Å². The highest BCUT2D eigenvalue weighted by atomic mass is 16.4. The second-order valence-corrected chi connectivity index (χ2v) is 5.43. The van der Waals surface area contributed by atoms with E-state index in [1.165, 1.54) is 0 Å². The molecule has 2 aromatic rings. The van der Waals surface area contributed by atoms with E-state index in [2.05, 4.69) is 10.3 Å². The fourth-order valence-corrected chi connectivity index (χ4v) is 2.31. The van der Waals surface area contributed by atoms with E-state index in [9.17, 15) is 9.90 Å². The quantitative estimate of drug-likeness (QED) is 0.679. The molecule has 102 valence electrons. The number of aromatic amines is 1. The van der Waals surface area contributed by atoms with Crippen molar-refractivity contribution in [3.8, 4) is 0 Å². The lowest BCUT2D eigenvalue weighted by Gasteiger charge is -2.12. The van der Waals surface area contributed by atoms with Gasteiger partial charge in [0.1, 0.15) is 0 Å². The number of H-pyrrole nitrogens is 1. The number of hydrogen-bond acceptors (Lipinski definition) is 4. The zero-order valence-corrected chi connectivity index (χ0v) is 10.7. The van der Waals surface area contributed by atoms with Crippen LogP contribution in [0, 0.1) is 5.41 Å². The summed E-state index contributed by atoms with van der Waals surface area (Å²) in [7, 11) is 0. The van der Waals surface area contributed by atoms with Gasteiger partial charge in [-0.05, 0) is 43.5 Å². The molecule has 1 aromatic carbocycles. The summed E-state index contributed by atoms with van der Waals surface area (Å²) < 4.78 is 4.96. The van der Waals surface area contributed by atoms with Gasteiger partial charge in [0.25, 0.3) is 0 Å². The zero-order valence-electron chi connectivity index (χ0n) is 10.7. The molecule has 1 aliphatic carbocycles. The highest BCUT2D eigenvalue weighted by molar-refractivity contribution is 5.72. The van der Waals surface area contributed by atoms with Crippen LogP contribution >= 0.6 is 0 Å². The fraction of sp³-hybridized carbons (Fsp3) is 0.500. The molecule has 1 aromatic heterocycles. The molecule has 1 aliphatic rings. The van der Waals surface area contributed by atoms with Crippen molar-refractivity contribution in [3.63, 3.8) is 0 Å². The highest BCUT2D eigenvalue weighted by Crippen LogP contribution is 2.44. The van der Waals surface area contributed by atoms with Gasteiger partial charge in [-0.3, -0.25) is 4.98 Å². The van der Waals surface area contributed by atoms with Crippen molar-refractivity contribution in [2.75, 3.05) is 19.7 Å². The molecule has 0 amide bonds. The summed E-state index contributed by atoms with van der Waals surface area (Å²) in [5.74, 6) is -0.413. The van der Waals surface area contributed by atoms with Crippen molar-refractivity contribution in [1.82, 2.24) is 10.3 Å². The Bertz CT molecular complexity index is 625. The van der Waals surface area contributed by atoms with E-state index >= 15 is 0 Å². The van der Waals surface area contributed by atoms with Gasteiger partial charge in [0.05, 0.1) is 5.52 Å². The largest absolute Gasteiger partial charge is 0.417 e. The van der Waals surface area contributed by atoms with Crippen LogP contribution in [0.25, 0.3) is 11.1 Å². The van der Waals surface area contributed by atoms with E-state index < -0.39 is 5.76 Å². The van der Waals surface area contributed by atoms with Crippen LogP contribution < -0.4 is 11.1 Å². The third-order valence-corrected chi connectivity index (χ3v) is 3.87. The van der Waals surface area contributed by atoms with E-state index in [1.807, 2.05) is 18.2 Å². The van der Waals surface area contributed by atoms with Crippen LogP contribution in [0.5, 0.6) is 0 Å². The number of aromatic nitrogens is 1. The number of rotatable bonds is 6. The van der Waals surface area contributed by atoms with Gasteiger partial charge in [-0.1, -0.05) is 6.07 Å². The molecule has 1 heterocycles. The maximum absolute atomic E-state index is 11.1. The molecule has 0 spiro atoms. The number of benzene rings is 1. The smallest absolute Gasteiger partial charge is 0.408 e.